The van der Waals surface area contributed by atoms with Crippen molar-refractivity contribution in [2.24, 2.45) is 5.73 Å². The normalized spacial score (nSPS) is 11.2. The molecule has 0 unspecified atom stereocenters. The molecule has 2 N–H and O–H groups in total. The van der Waals surface area contributed by atoms with E-state index in [1.165, 1.54) is 0 Å². The zero-order valence-electron chi connectivity index (χ0n) is 10.7. The Bertz CT molecular complexity index is 767. The minimum atomic E-state index is 0.432. The Hall–Kier alpha value is -1.36. The Morgan fingerprint density at radius 2 is 2.00 bits per heavy atom. The van der Waals surface area contributed by atoms with Crippen LogP contribution >= 0.6 is 27.5 Å². The Labute approximate surface area is 130 Å². The van der Waals surface area contributed by atoms with Crippen molar-refractivity contribution in [2.75, 3.05) is 0 Å². The largest absolute Gasteiger partial charge is 0.325 e. The van der Waals surface area contributed by atoms with Crippen molar-refractivity contribution in [3.05, 3.63) is 63.2 Å². The van der Waals surface area contributed by atoms with E-state index in [1.54, 1.807) is 0 Å². The molecule has 0 aliphatic rings. The van der Waals surface area contributed by atoms with Crippen LogP contribution in [0.5, 0.6) is 0 Å². The quantitative estimate of drug-likeness (QED) is 0.777. The first-order valence-corrected chi connectivity index (χ1v) is 7.44. The number of hydrogen-bond acceptors (Lipinski definition) is 2. The zero-order valence-corrected chi connectivity index (χ0v) is 13.0. The minimum absolute atomic E-state index is 0.432. The van der Waals surface area contributed by atoms with Crippen molar-refractivity contribution >= 4 is 38.4 Å². The number of benzene rings is 2. The van der Waals surface area contributed by atoms with Gasteiger partial charge in [0.15, 0.2) is 0 Å². The number of rotatable bonds is 3. The van der Waals surface area contributed by atoms with Crippen molar-refractivity contribution in [3.8, 4) is 0 Å². The van der Waals surface area contributed by atoms with Gasteiger partial charge in [0, 0.05) is 21.4 Å². The van der Waals surface area contributed by atoms with E-state index in [-0.39, 0.29) is 0 Å². The molecule has 0 amide bonds. The van der Waals surface area contributed by atoms with Gasteiger partial charge in [-0.1, -0.05) is 51.8 Å². The average molecular weight is 351 g/mol. The van der Waals surface area contributed by atoms with Gasteiger partial charge in [0.05, 0.1) is 17.8 Å². The first kappa shape index (κ1) is 13.6. The molecule has 20 heavy (non-hydrogen) atoms. The molecule has 0 atom stereocenters. The highest BCUT2D eigenvalue weighted by Gasteiger charge is 2.10. The second-order valence-corrected chi connectivity index (χ2v) is 5.88. The van der Waals surface area contributed by atoms with Crippen LogP contribution in [0.4, 0.5) is 0 Å². The molecule has 1 aromatic heterocycles. The first-order valence-electron chi connectivity index (χ1n) is 6.27. The van der Waals surface area contributed by atoms with Gasteiger partial charge in [0.1, 0.15) is 0 Å². The van der Waals surface area contributed by atoms with E-state index in [2.05, 4.69) is 21.0 Å². The molecular formula is C15H13BrClN3. The molecule has 2 aromatic carbocycles. The summed E-state index contributed by atoms with van der Waals surface area (Å²) in [5.41, 5.74) is 8.79. The molecule has 0 aliphatic carbocycles. The van der Waals surface area contributed by atoms with E-state index in [0.717, 1.165) is 31.7 Å². The molecule has 0 radical (unpaired) electrons. The Balaban J connectivity index is 2.06. The summed E-state index contributed by atoms with van der Waals surface area (Å²) in [6.45, 7) is 1.06. The average Bonchev–Trinajstić information content (AvgIpc) is 2.80. The van der Waals surface area contributed by atoms with Gasteiger partial charge >= 0.3 is 0 Å². The highest BCUT2D eigenvalue weighted by atomic mass is 79.9. The maximum absolute atomic E-state index is 6.28. The minimum Gasteiger partial charge on any atom is -0.325 e. The Morgan fingerprint density at radius 3 is 2.75 bits per heavy atom. The molecular weight excluding hydrogens is 338 g/mol. The number of aromatic nitrogens is 2. The number of nitrogens with two attached hydrogens (primary N) is 1. The first-order chi connectivity index (χ1) is 9.69. The van der Waals surface area contributed by atoms with E-state index < -0.39 is 0 Å². The Morgan fingerprint density at radius 1 is 1.20 bits per heavy atom. The SMILES string of the molecule is NCc1nn(Cc2ccc(Br)cc2Cl)c2ccccc12. The lowest BCUT2D eigenvalue weighted by Gasteiger charge is -2.06. The van der Waals surface area contributed by atoms with Crippen LogP contribution in [-0.4, -0.2) is 9.78 Å². The third-order valence-electron chi connectivity index (χ3n) is 3.26. The van der Waals surface area contributed by atoms with E-state index in [1.807, 2.05) is 47.1 Å². The predicted octanol–water partition coefficient (Wildman–Crippen LogP) is 3.96. The number of para-hydroxylation sites is 1. The van der Waals surface area contributed by atoms with Crippen molar-refractivity contribution < 1.29 is 0 Å². The maximum Gasteiger partial charge on any atom is 0.0839 e. The van der Waals surface area contributed by atoms with Crippen molar-refractivity contribution in [2.45, 2.75) is 13.1 Å². The van der Waals surface area contributed by atoms with E-state index in [4.69, 9.17) is 17.3 Å². The molecule has 0 bridgehead atoms. The fourth-order valence-corrected chi connectivity index (χ4v) is 3.01. The molecule has 0 aliphatic heterocycles. The number of fused-ring (bicyclic) bond motifs is 1. The van der Waals surface area contributed by atoms with Crippen LogP contribution in [0.1, 0.15) is 11.3 Å². The number of hydrogen-bond donors (Lipinski definition) is 1. The lowest BCUT2D eigenvalue weighted by Crippen LogP contribution is -2.04. The summed E-state index contributed by atoms with van der Waals surface area (Å²) in [6, 6.07) is 14.0. The smallest absolute Gasteiger partial charge is 0.0839 e. The topological polar surface area (TPSA) is 43.8 Å². The lowest BCUT2D eigenvalue weighted by molar-refractivity contribution is 0.694. The lowest BCUT2D eigenvalue weighted by atomic mass is 10.2. The monoisotopic (exact) mass is 349 g/mol. The summed E-state index contributed by atoms with van der Waals surface area (Å²) < 4.78 is 2.92. The van der Waals surface area contributed by atoms with Gasteiger partial charge in [0.2, 0.25) is 0 Å². The maximum atomic E-state index is 6.28. The van der Waals surface area contributed by atoms with Crippen LogP contribution in [0, 0.1) is 0 Å². The fraction of sp³-hybridized carbons (Fsp3) is 0.133. The van der Waals surface area contributed by atoms with Gasteiger partial charge in [-0.2, -0.15) is 5.10 Å². The number of nitrogens with zero attached hydrogens (tertiary/aromatic N) is 2. The van der Waals surface area contributed by atoms with E-state index in [0.29, 0.717) is 13.1 Å². The molecule has 102 valence electrons. The Kier molecular flexibility index (Phi) is 3.78. The van der Waals surface area contributed by atoms with E-state index in [9.17, 15) is 0 Å². The van der Waals surface area contributed by atoms with Gasteiger partial charge < -0.3 is 5.73 Å². The van der Waals surface area contributed by atoms with Crippen LogP contribution in [0.25, 0.3) is 10.9 Å². The molecule has 0 spiro atoms. The molecule has 3 aromatic rings. The molecule has 0 fully saturated rings. The molecule has 0 saturated heterocycles. The molecule has 1 heterocycles. The van der Waals surface area contributed by atoms with Crippen LogP contribution < -0.4 is 5.73 Å². The third kappa shape index (κ3) is 2.46. The molecule has 5 heteroatoms. The summed E-state index contributed by atoms with van der Waals surface area (Å²) in [4.78, 5) is 0. The van der Waals surface area contributed by atoms with Gasteiger partial charge in [-0.3, -0.25) is 4.68 Å². The van der Waals surface area contributed by atoms with Gasteiger partial charge in [-0.15, -0.1) is 0 Å². The highest BCUT2D eigenvalue weighted by molar-refractivity contribution is 9.10. The van der Waals surface area contributed by atoms with Gasteiger partial charge in [0.25, 0.3) is 0 Å². The number of halogens is 2. The highest BCUT2D eigenvalue weighted by Crippen LogP contribution is 2.24. The van der Waals surface area contributed by atoms with E-state index >= 15 is 0 Å². The summed E-state index contributed by atoms with van der Waals surface area (Å²) in [5.74, 6) is 0. The zero-order chi connectivity index (χ0) is 14.1. The summed E-state index contributed by atoms with van der Waals surface area (Å²) >= 11 is 9.69. The summed E-state index contributed by atoms with van der Waals surface area (Å²) in [5, 5.41) is 6.42. The van der Waals surface area contributed by atoms with Crippen LogP contribution in [0.3, 0.4) is 0 Å². The van der Waals surface area contributed by atoms with Crippen molar-refractivity contribution in [1.82, 2.24) is 9.78 Å². The molecule has 0 saturated carbocycles. The van der Waals surface area contributed by atoms with Crippen LogP contribution in [0.15, 0.2) is 46.9 Å². The van der Waals surface area contributed by atoms with Crippen molar-refractivity contribution in [1.29, 1.82) is 0 Å². The second-order valence-electron chi connectivity index (χ2n) is 4.56. The standard InChI is InChI=1S/C15H13BrClN3/c16-11-6-5-10(13(17)7-11)9-20-15-4-2-1-3-12(15)14(8-18)19-20/h1-7H,8-9,18H2. The van der Waals surface area contributed by atoms with Crippen molar-refractivity contribution in [3.63, 3.8) is 0 Å². The fourth-order valence-electron chi connectivity index (χ4n) is 2.28. The van der Waals surface area contributed by atoms with Crippen LogP contribution in [0.2, 0.25) is 5.02 Å². The summed E-state index contributed by atoms with van der Waals surface area (Å²) in [7, 11) is 0. The molecule has 3 rings (SSSR count). The molecule has 3 nitrogen and oxygen atoms in total. The van der Waals surface area contributed by atoms with Crippen LogP contribution in [-0.2, 0) is 13.1 Å². The second kappa shape index (κ2) is 5.56. The third-order valence-corrected chi connectivity index (χ3v) is 4.11. The summed E-state index contributed by atoms with van der Waals surface area (Å²) in [6.07, 6.45) is 0. The van der Waals surface area contributed by atoms with Gasteiger partial charge in [-0.05, 0) is 23.8 Å². The predicted molar refractivity (Wildman–Crippen MR) is 85.9 cm³/mol. The van der Waals surface area contributed by atoms with Gasteiger partial charge in [-0.25, -0.2) is 0 Å².